The maximum atomic E-state index is 9.84. The summed E-state index contributed by atoms with van der Waals surface area (Å²) in [5, 5.41) is 13.5. The average molecular weight is 249 g/mol. The van der Waals surface area contributed by atoms with Gasteiger partial charge < -0.3 is 15.2 Å². The molecule has 18 heavy (non-hydrogen) atoms. The highest BCUT2D eigenvalue weighted by Crippen LogP contribution is 2.36. The highest BCUT2D eigenvalue weighted by molar-refractivity contribution is 5.44. The molecule has 0 amide bonds. The minimum absolute atomic E-state index is 0.360. The van der Waals surface area contributed by atoms with Crippen LogP contribution in [0.1, 0.15) is 43.4 Å². The summed E-state index contributed by atoms with van der Waals surface area (Å²) >= 11 is 0. The number of phenolic OH excluding ortho intramolecular Hbond substituents is 1. The van der Waals surface area contributed by atoms with E-state index in [1.807, 2.05) is 6.07 Å². The fourth-order valence-corrected chi connectivity index (χ4v) is 2.86. The van der Waals surface area contributed by atoms with Crippen LogP contribution in [0, 0.1) is 0 Å². The Morgan fingerprint density at radius 1 is 1.50 bits per heavy atom. The minimum Gasteiger partial charge on any atom is -0.508 e. The Labute approximate surface area is 109 Å². The maximum Gasteiger partial charge on any atom is 0.119 e. The van der Waals surface area contributed by atoms with Gasteiger partial charge in [-0.2, -0.15) is 0 Å². The van der Waals surface area contributed by atoms with E-state index in [1.54, 1.807) is 13.2 Å². The number of nitrogens with one attached hydrogen (secondary N) is 1. The lowest BCUT2D eigenvalue weighted by Gasteiger charge is -2.23. The van der Waals surface area contributed by atoms with E-state index >= 15 is 0 Å². The number of methoxy groups -OCH3 is 1. The molecule has 1 aliphatic carbocycles. The van der Waals surface area contributed by atoms with Gasteiger partial charge in [0.15, 0.2) is 0 Å². The van der Waals surface area contributed by atoms with Gasteiger partial charge in [0, 0.05) is 19.2 Å². The van der Waals surface area contributed by atoms with Gasteiger partial charge in [-0.25, -0.2) is 0 Å². The summed E-state index contributed by atoms with van der Waals surface area (Å²) in [7, 11) is 1.75. The molecule has 3 nitrogen and oxygen atoms in total. The van der Waals surface area contributed by atoms with E-state index in [-0.39, 0.29) is 0 Å². The molecule has 1 aromatic rings. The molecule has 0 fully saturated rings. The average Bonchev–Trinajstić information content (AvgIpc) is 2.75. The van der Waals surface area contributed by atoms with Crippen LogP contribution in [0.25, 0.3) is 0 Å². The lowest BCUT2D eigenvalue weighted by molar-refractivity contribution is 0.155. The molecule has 100 valence electrons. The summed E-state index contributed by atoms with van der Waals surface area (Å²) in [6, 6.07) is 6.59. The Kier molecular flexibility index (Phi) is 4.61. The Morgan fingerprint density at radius 2 is 2.33 bits per heavy atom. The molecule has 3 heteroatoms. The van der Waals surface area contributed by atoms with E-state index in [4.69, 9.17) is 4.74 Å². The molecule has 0 saturated carbocycles. The zero-order valence-corrected chi connectivity index (χ0v) is 11.3. The van der Waals surface area contributed by atoms with Crippen molar-refractivity contribution in [2.45, 2.75) is 44.7 Å². The Balaban J connectivity index is 2.06. The number of fused-ring (bicyclic) bond motifs is 1. The van der Waals surface area contributed by atoms with Crippen LogP contribution in [-0.4, -0.2) is 24.9 Å². The van der Waals surface area contributed by atoms with Crippen molar-refractivity contribution in [3.63, 3.8) is 0 Å². The molecule has 0 spiro atoms. The second-order valence-corrected chi connectivity index (χ2v) is 5.04. The normalized spacial score (nSPS) is 19.8. The number of phenols is 1. The van der Waals surface area contributed by atoms with Crippen molar-refractivity contribution in [2.24, 2.45) is 0 Å². The fourth-order valence-electron chi connectivity index (χ4n) is 2.86. The molecule has 1 aliphatic rings. The summed E-state index contributed by atoms with van der Waals surface area (Å²) in [5.74, 6) is 0.440. The first-order chi connectivity index (χ1) is 8.76. The first kappa shape index (κ1) is 13.4. The Bertz CT molecular complexity index is 386. The fraction of sp³-hybridized carbons (Fsp3) is 0.600. The number of hydrogen-bond acceptors (Lipinski definition) is 3. The van der Waals surface area contributed by atoms with Gasteiger partial charge in [-0.05, 0) is 36.5 Å². The van der Waals surface area contributed by atoms with Crippen LogP contribution in [0.4, 0.5) is 0 Å². The van der Waals surface area contributed by atoms with E-state index in [2.05, 4.69) is 18.3 Å². The highest BCUT2D eigenvalue weighted by Gasteiger charge is 2.26. The summed E-state index contributed by atoms with van der Waals surface area (Å²) in [6.07, 6.45) is 4.31. The predicted octanol–water partition coefficient (Wildman–Crippen LogP) is 2.78. The molecular weight excluding hydrogens is 226 g/mol. The molecule has 2 unspecified atom stereocenters. The molecule has 0 heterocycles. The molecule has 2 atom stereocenters. The number of rotatable bonds is 6. The molecule has 1 aromatic carbocycles. The van der Waals surface area contributed by atoms with Crippen LogP contribution < -0.4 is 5.32 Å². The third-order valence-electron chi connectivity index (χ3n) is 3.69. The van der Waals surface area contributed by atoms with E-state index in [0.29, 0.717) is 17.8 Å². The first-order valence-corrected chi connectivity index (χ1v) is 6.82. The van der Waals surface area contributed by atoms with E-state index in [9.17, 15) is 5.11 Å². The number of benzene rings is 1. The molecule has 0 aliphatic heterocycles. The second-order valence-electron chi connectivity index (χ2n) is 5.04. The minimum atomic E-state index is 0.360. The van der Waals surface area contributed by atoms with Gasteiger partial charge in [-0.3, -0.25) is 0 Å². The van der Waals surface area contributed by atoms with E-state index < -0.39 is 0 Å². The summed E-state index contributed by atoms with van der Waals surface area (Å²) in [6.45, 7) is 2.94. The summed E-state index contributed by atoms with van der Waals surface area (Å²) in [5.41, 5.74) is 2.37. The molecule has 0 bridgehead atoms. The summed E-state index contributed by atoms with van der Waals surface area (Å²) in [4.78, 5) is 0. The van der Waals surface area contributed by atoms with Crippen molar-refractivity contribution in [1.29, 1.82) is 0 Å². The van der Waals surface area contributed by atoms with Crippen molar-refractivity contribution in [3.05, 3.63) is 29.3 Å². The van der Waals surface area contributed by atoms with Crippen LogP contribution in [0.2, 0.25) is 0 Å². The quantitative estimate of drug-likeness (QED) is 0.814. The predicted molar refractivity (Wildman–Crippen MR) is 72.9 cm³/mol. The van der Waals surface area contributed by atoms with Gasteiger partial charge in [0.05, 0.1) is 6.61 Å². The lowest BCUT2D eigenvalue weighted by Crippen LogP contribution is -2.35. The van der Waals surface area contributed by atoms with Crippen molar-refractivity contribution >= 4 is 0 Å². The van der Waals surface area contributed by atoms with Gasteiger partial charge >= 0.3 is 0 Å². The van der Waals surface area contributed by atoms with Gasteiger partial charge in [-0.1, -0.05) is 25.5 Å². The zero-order valence-electron chi connectivity index (χ0n) is 11.3. The Morgan fingerprint density at radius 3 is 3.06 bits per heavy atom. The summed E-state index contributed by atoms with van der Waals surface area (Å²) < 4.78 is 5.27. The van der Waals surface area contributed by atoms with E-state index in [1.165, 1.54) is 5.56 Å². The molecule has 0 saturated heterocycles. The van der Waals surface area contributed by atoms with Crippen molar-refractivity contribution < 1.29 is 9.84 Å². The van der Waals surface area contributed by atoms with Crippen LogP contribution in [-0.2, 0) is 11.2 Å². The second kappa shape index (κ2) is 6.21. The van der Waals surface area contributed by atoms with Crippen molar-refractivity contribution in [3.8, 4) is 5.75 Å². The molecule has 0 radical (unpaired) electrons. The number of aromatic hydroxyl groups is 1. The largest absolute Gasteiger partial charge is 0.508 e. The number of hydrogen-bond donors (Lipinski definition) is 2. The van der Waals surface area contributed by atoms with Crippen LogP contribution in [0.15, 0.2) is 18.2 Å². The molecule has 0 aromatic heterocycles. The smallest absolute Gasteiger partial charge is 0.119 e. The maximum absolute atomic E-state index is 9.84. The number of ether oxygens (including phenoxy) is 1. The zero-order chi connectivity index (χ0) is 13.0. The topological polar surface area (TPSA) is 41.5 Å². The van der Waals surface area contributed by atoms with Gasteiger partial charge in [0.1, 0.15) is 5.75 Å². The van der Waals surface area contributed by atoms with Crippen LogP contribution >= 0.6 is 0 Å². The molecular formula is C15H23NO2. The SMILES string of the molecule is CCCC(COC)NC1CCc2c(O)cccc21. The highest BCUT2D eigenvalue weighted by atomic mass is 16.5. The first-order valence-electron chi connectivity index (χ1n) is 6.82. The lowest BCUT2D eigenvalue weighted by atomic mass is 10.1. The van der Waals surface area contributed by atoms with E-state index in [0.717, 1.165) is 37.9 Å². The van der Waals surface area contributed by atoms with Crippen molar-refractivity contribution in [2.75, 3.05) is 13.7 Å². The molecule has 2 N–H and O–H groups in total. The van der Waals surface area contributed by atoms with Gasteiger partial charge in [-0.15, -0.1) is 0 Å². The monoisotopic (exact) mass is 249 g/mol. The van der Waals surface area contributed by atoms with Crippen LogP contribution in [0.3, 0.4) is 0 Å². The van der Waals surface area contributed by atoms with Crippen molar-refractivity contribution in [1.82, 2.24) is 5.32 Å². The van der Waals surface area contributed by atoms with Gasteiger partial charge in [0.25, 0.3) is 0 Å². The van der Waals surface area contributed by atoms with Crippen LogP contribution in [0.5, 0.6) is 5.75 Å². The third-order valence-corrected chi connectivity index (χ3v) is 3.69. The molecule has 2 rings (SSSR count). The standard InChI is InChI=1S/C15H23NO2/c1-3-5-11(10-18-2)16-14-9-8-13-12(14)6-4-7-15(13)17/h4,6-7,11,14,16-17H,3,5,8-10H2,1-2H3. The third kappa shape index (κ3) is 2.85. The Hall–Kier alpha value is -1.06. The van der Waals surface area contributed by atoms with Gasteiger partial charge in [0.2, 0.25) is 0 Å².